The van der Waals surface area contributed by atoms with Crippen molar-refractivity contribution in [1.29, 1.82) is 0 Å². The highest BCUT2D eigenvalue weighted by atomic mass is 35.5. The molecule has 1 rings (SSSR count). The van der Waals surface area contributed by atoms with Crippen molar-refractivity contribution in [2.45, 2.75) is 25.7 Å². The normalized spacial score (nSPS) is 11.6. The Hall–Kier alpha value is 0.130. The van der Waals surface area contributed by atoms with E-state index in [9.17, 15) is 8.42 Å². The fraction of sp³-hybridized carbons (Fsp3) is 0.500. The maximum Gasteiger partial charge on any atom is 0.309 e. The van der Waals surface area contributed by atoms with Crippen LogP contribution >= 0.6 is 46.4 Å². The Morgan fingerprint density at radius 3 is 2.05 bits per heavy atom. The molecule has 0 unspecified atom stereocenters. The number of hydrogen-bond donors (Lipinski definition) is 0. The van der Waals surface area contributed by atoms with Gasteiger partial charge in [-0.25, -0.2) is 0 Å². The summed E-state index contributed by atoms with van der Waals surface area (Å²) in [5.74, 6) is 0.405. The van der Waals surface area contributed by atoms with Crippen LogP contribution in [0.4, 0.5) is 0 Å². The second-order valence-electron chi connectivity index (χ2n) is 4.15. The van der Waals surface area contributed by atoms with Gasteiger partial charge in [-0.15, -0.1) is 11.6 Å². The quantitative estimate of drug-likeness (QED) is 0.356. The standard InChI is InChI=1S/C12H14Cl4O3S/c13-5-3-1-2-4-6-20(17,18)19-12-10(15)7-9(14)8-11(12)16/h7-8H,1-6H2. The molecule has 1 aromatic rings. The van der Waals surface area contributed by atoms with Gasteiger partial charge in [0.2, 0.25) is 0 Å². The smallest absolute Gasteiger partial charge is 0.309 e. The second-order valence-corrected chi connectivity index (χ2v) is 7.47. The van der Waals surface area contributed by atoms with Gasteiger partial charge in [0.1, 0.15) is 0 Å². The molecular formula is C12H14Cl4O3S. The van der Waals surface area contributed by atoms with E-state index in [-0.39, 0.29) is 21.5 Å². The Balaban J connectivity index is 2.63. The molecule has 0 fully saturated rings. The summed E-state index contributed by atoms with van der Waals surface area (Å²) in [5, 5.41) is 0.437. The van der Waals surface area contributed by atoms with Gasteiger partial charge in [0.15, 0.2) is 5.75 Å². The van der Waals surface area contributed by atoms with Crippen molar-refractivity contribution in [2.75, 3.05) is 11.6 Å². The van der Waals surface area contributed by atoms with Gasteiger partial charge in [-0.2, -0.15) is 8.42 Å². The van der Waals surface area contributed by atoms with E-state index in [0.717, 1.165) is 19.3 Å². The number of alkyl halides is 1. The molecule has 0 aliphatic rings. The molecule has 0 saturated carbocycles. The fourth-order valence-corrected chi connectivity index (χ4v) is 3.75. The summed E-state index contributed by atoms with van der Waals surface area (Å²) in [5.41, 5.74) is 0. The maximum atomic E-state index is 11.8. The van der Waals surface area contributed by atoms with E-state index in [1.54, 1.807) is 0 Å². The van der Waals surface area contributed by atoms with Gasteiger partial charge in [-0.05, 0) is 25.0 Å². The molecule has 20 heavy (non-hydrogen) atoms. The predicted octanol–water partition coefficient (Wildman–Crippen LogP) is 5.15. The number of hydrogen-bond acceptors (Lipinski definition) is 3. The van der Waals surface area contributed by atoms with Crippen LogP contribution in [0.5, 0.6) is 5.75 Å². The molecule has 0 aromatic heterocycles. The number of benzene rings is 1. The minimum atomic E-state index is -3.72. The van der Waals surface area contributed by atoms with Crippen LogP contribution in [-0.4, -0.2) is 20.1 Å². The lowest BCUT2D eigenvalue weighted by atomic mass is 10.2. The molecule has 1 aromatic carbocycles. The highest BCUT2D eigenvalue weighted by Crippen LogP contribution is 2.36. The third-order valence-electron chi connectivity index (χ3n) is 2.45. The van der Waals surface area contributed by atoms with Crippen molar-refractivity contribution in [3.05, 3.63) is 27.2 Å². The Morgan fingerprint density at radius 2 is 1.50 bits per heavy atom. The molecule has 0 spiro atoms. The SMILES string of the molecule is O=S(=O)(CCCCCCCl)Oc1c(Cl)cc(Cl)cc1Cl. The lowest BCUT2D eigenvalue weighted by Crippen LogP contribution is -2.14. The zero-order valence-electron chi connectivity index (χ0n) is 10.5. The average molecular weight is 380 g/mol. The summed E-state index contributed by atoms with van der Waals surface area (Å²) in [4.78, 5) is 0. The molecule has 114 valence electrons. The first-order valence-electron chi connectivity index (χ1n) is 5.98. The van der Waals surface area contributed by atoms with Crippen LogP contribution < -0.4 is 4.18 Å². The average Bonchev–Trinajstić information content (AvgIpc) is 2.33. The van der Waals surface area contributed by atoms with Crippen LogP contribution in [0.1, 0.15) is 25.7 Å². The summed E-state index contributed by atoms with van der Waals surface area (Å²) in [6.07, 6.45) is 3.04. The molecule has 0 amide bonds. The maximum absolute atomic E-state index is 11.8. The highest BCUT2D eigenvalue weighted by Gasteiger charge is 2.18. The second kappa shape index (κ2) is 8.54. The van der Waals surface area contributed by atoms with Gasteiger partial charge in [0, 0.05) is 10.9 Å². The summed E-state index contributed by atoms with van der Waals surface area (Å²) in [6, 6.07) is 2.75. The van der Waals surface area contributed by atoms with E-state index in [1.165, 1.54) is 12.1 Å². The van der Waals surface area contributed by atoms with E-state index < -0.39 is 10.1 Å². The van der Waals surface area contributed by atoms with E-state index in [0.29, 0.717) is 17.3 Å². The monoisotopic (exact) mass is 378 g/mol. The van der Waals surface area contributed by atoms with Crippen LogP contribution in [0, 0.1) is 0 Å². The van der Waals surface area contributed by atoms with Crippen LogP contribution in [0.25, 0.3) is 0 Å². The topological polar surface area (TPSA) is 43.4 Å². The number of unbranched alkanes of at least 4 members (excludes halogenated alkanes) is 3. The molecule has 0 bridgehead atoms. The van der Waals surface area contributed by atoms with Gasteiger partial charge in [0.05, 0.1) is 15.8 Å². The number of halogens is 4. The highest BCUT2D eigenvalue weighted by molar-refractivity contribution is 7.87. The van der Waals surface area contributed by atoms with Crippen LogP contribution in [0.15, 0.2) is 12.1 Å². The minimum Gasteiger partial charge on any atom is -0.379 e. The van der Waals surface area contributed by atoms with Crippen molar-refractivity contribution in [3.8, 4) is 5.75 Å². The lowest BCUT2D eigenvalue weighted by Gasteiger charge is -2.10. The van der Waals surface area contributed by atoms with Crippen molar-refractivity contribution in [2.24, 2.45) is 0 Å². The molecule has 0 aliphatic heterocycles. The Bertz CT molecular complexity index is 523. The molecule has 0 radical (unpaired) electrons. The first-order chi connectivity index (χ1) is 9.35. The van der Waals surface area contributed by atoms with Crippen molar-refractivity contribution >= 4 is 56.5 Å². The van der Waals surface area contributed by atoms with Gasteiger partial charge >= 0.3 is 10.1 Å². The summed E-state index contributed by atoms with van der Waals surface area (Å²) >= 11 is 23.0. The molecule has 0 atom stereocenters. The summed E-state index contributed by atoms with van der Waals surface area (Å²) in [7, 11) is -3.72. The van der Waals surface area contributed by atoms with Crippen LogP contribution in [0.3, 0.4) is 0 Å². The molecule has 8 heteroatoms. The van der Waals surface area contributed by atoms with E-state index in [1.807, 2.05) is 0 Å². The summed E-state index contributed by atoms with van der Waals surface area (Å²) in [6.45, 7) is 0. The van der Waals surface area contributed by atoms with Gasteiger partial charge in [-0.3, -0.25) is 0 Å². The lowest BCUT2D eigenvalue weighted by molar-refractivity contribution is 0.482. The van der Waals surface area contributed by atoms with Crippen molar-refractivity contribution < 1.29 is 12.6 Å². The van der Waals surface area contributed by atoms with E-state index in [2.05, 4.69) is 0 Å². The molecule has 0 saturated heterocycles. The number of rotatable bonds is 8. The van der Waals surface area contributed by atoms with Gasteiger partial charge < -0.3 is 4.18 Å². The van der Waals surface area contributed by atoms with Crippen LogP contribution in [-0.2, 0) is 10.1 Å². The summed E-state index contributed by atoms with van der Waals surface area (Å²) < 4.78 is 28.6. The molecule has 0 heterocycles. The van der Waals surface area contributed by atoms with E-state index in [4.69, 9.17) is 50.6 Å². The zero-order valence-corrected chi connectivity index (χ0v) is 14.4. The van der Waals surface area contributed by atoms with Crippen molar-refractivity contribution in [3.63, 3.8) is 0 Å². The third-order valence-corrected chi connectivity index (χ3v) is 4.71. The largest absolute Gasteiger partial charge is 0.379 e. The molecule has 0 N–H and O–H groups in total. The van der Waals surface area contributed by atoms with E-state index >= 15 is 0 Å². The Morgan fingerprint density at radius 1 is 0.950 bits per heavy atom. The predicted molar refractivity (Wildman–Crippen MR) is 85.1 cm³/mol. The fourth-order valence-electron chi connectivity index (χ4n) is 1.50. The van der Waals surface area contributed by atoms with Gasteiger partial charge in [0.25, 0.3) is 0 Å². The van der Waals surface area contributed by atoms with Gasteiger partial charge in [-0.1, -0.05) is 47.6 Å². The molecule has 0 aliphatic carbocycles. The zero-order chi connectivity index (χ0) is 15.2. The first kappa shape index (κ1) is 18.2. The Labute approximate surface area is 139 Å². The molecule has 3 nitrogen and oxygen atoms in total. The minimum absolute atomic E-state index is 0.0632. The Kier molecular flexibility index (Phi) is 7.77. The van der Waals surface area contributed by atoms with Crippen molar-refractivity contribution in [1.82, 2.24) is 0 Å². The molecular weight excluding hydrogens is 366 g/mol. The van der Waals surface area contributed by atoms with Crippen LogP contribution in [0.2, 0.25) is 15.1 Å². The first-order valence-corrected chi connectivity index (χ1v) is 9.23. The third kappa shape index (κ3) is 6.27.